The minimum absolute atomic E-state index is 0.604. The number of aromatic nitrogens is 1. The molecule has 0 aliphatic carbocycles. The van der Waals surface area contributed by atoms with Crippen LogP contribution in [0, 0.1) is 0 Å². The van der Waals surface area contributed by atoms with Crippen LogP contribution in [0.5, 0.6) is 0 Å². The highest BCUT2D eigenvalue weighted by molar-refractivity contribution is 7.98. The molecule has 0 fully saturated rings. The third kappa shape index (κ3) is 4.11. The summed E-state index contributed by atoms with van der Waals surface area (Å²) < 4.78 is 0. The fraction of sp³-hybridized carbons (Fsp3) is 0.545. The van der Waals surface area contributed by atoms with Crippen LogP contribution >= 0.6 is 11.8 Å². The van der Waals surface area contributed by atoms with Gasteiger partial charge in [-0.25, -0.2) is 0 Å². The Morgan fingerprint density at radius 3 is 2.93 bits per heavy atom. The Morgan fingerprint density at radius 1 is 1.50 bits per heavy atom. The second-order valence-corrected chi connectivity index (χ2v) is 4.17. The van der Waals surface area contributed by atoms with Crippen LogP contribution in [0.2, 0.25) is 0 Å². The number of hydrogen-bond acceptors (Lipinski definition) is 3. The van der Waals surface area contributed by atoms with Crippen LogP contribution in [0.25, 0.3) is 0 Å². The molecule has 1 unspecified atom stereocenters. The lowest BCUT2D eigenvalue weighted by atomic mass is 10.2. The van der Waals surface area contributed by atoms with E-state index >= 15 is 0 Å². The molecule has 0 aromatic carbocycles. The Labute approximate surface area is 90.5 Å². The highest BCUT2D eigenvalue weighted by Gasteiger charge is 2.03. The SMILES string of the molecule is CCC(CSC)NCc1ccccn1. The molecule has 0 saturated carbocycles. The molecule has 14 heavy (non-hydrogen) atoms. The number of rotatable bonds is 6. The lowest BCUT2D eigenvalue weighted by molar-refractivity contribution is 0.536. The predicted molar refractivity (Wildman–Crippen MR) is 63.5 cm³/mol. The molecule has 0 radical (unpaired) electrons. The van der Waals surface area contributed by atoms with Crippen molar-refractivity contribution in [3.63, 3.8) is 0 Å². The van der Waals surface area contributed by atoms with Gasteiger partial charge in [-0.2, -0.15) is 11.8 Å². The molecule has 3 heteroatoms. The molecule has 1 aromatic rings. The Bertz CT molecular complexity index is 238. The quantitative estimate of drug-likeness (QED) is 0.780. The molecule has 0 aliphatic heterocycles. The Morgan fingerprint density at radius 2 is 2.36 bits per heavy atom. The van der Waals surface area contributed by atoms with Gasteiger partial charge in [-0.1, -0.05) is 13.0 Å². The van der Waals surface area contributed by atoms with Crippen molar-refractivity contribution < 1.29 is 0 Å². The van der Waals surface area contributed by atoms with E-state index in [0.717, 1.165) is 12.2 Å². The van der Waals surface area contributed by atoms with Gasteiger partial charge >= 0.3 is 0 Å². The number of hydrogen-bond donors (Lipinski definition) is 1. The lowest BCUT2D eigenvalue weighted by Gasteiger charge is -2.14. The lowest BCUT2D eigenvalue weighted by Crippen LogP contribution is -2.30. The van der Waals surface area contributed by atoms with Crippen LogP contribution in [0.4, 0.5) is 0 Å². The topological polar surface area (TPSA) is 24.9 Å². The van der Waals surface area contributed by atoms with Crippen LogP contribution in [0.3, 0.4) is 0 Å². The summed E-state index contributed by atoms with van der Waals surface area (Å²) in [6, 6.07) is 6.63. The first kappa shape index (κ1) is 11.5. The van der Waals surface area contributed by atoms with Gasteiger partial charge in [0.2, 0.25) is 0 Å². The molecule has 0 saturated heterocycles. The van der Waals surface area contributed by atoms with E-state index in [0.29, 0.717) is 6.04 Å². The van der Waals surface area contributed by atoms with Crippen LogP contribution in [-0.4, -0.2) is 23.0 Å². The Balaban J connectivity index is 2.32. The maximum Gasteiger partial charge on any atom is 0.0541 e. The molecule has 1 rings (SSSR count). The van der Waals surface area contributed by atoms with Crippen molar-refractivity contribution in [3.8, 4) is 0 Å². The standard InChI is InChI=1S/C11H18N2S/c1-3-10(9-14-2)13-8-11-6-4-5-7-12-11/h4-7,10,13H,3,8-9H2,1-2H3. The molecule has 0 bridgehead atoms. The molecule has 1 N–H and O–H groups in total. The monoisotopic (exact) mass is 210 g/mol. The van der Waals surface area contributed by atoms with Crippen LogP contribution in [0.1, 0.15) is 19.0 Å². The second-order valence-electron chi connectivity index (χ2n) is 3.26. The summed E-state index contributed by atoms with van der Waals surface area (Å²) >= 11 is 1.89. The maximum atomic E-state index is 4.28. The van der Waals surface area contributed by atoms with Gasteiger partial charge in [0.25, 0.3) is 0 Å². The Hall–Kier alpha value is -0.540. The van der Waals surface area contributed by atoms with Gasteiger partial charge in [-0.3, -0.25) is 4.98 Å². The molecule has 0 amide bonds. The number of nitrogens with one attached hydrogen (secondary N) is 1. The van der Waals surface area contributed by atoms with Gasteiger partial charge in [0.15, 0.2) is 0 Å². The third-order valence-corrected chi connectivity index (χ3v) is 2.89. The summed E-state index contributed by atoms with van der Waals surface area (Å²) in [6.07, 6.45) is 5.16. The molecule has 1 heterocycles. The molecule has 0 aliphatic rings. The zero-order valence-corrected chi connectivity index (χ0v) is 9.68. The summed E-state index contributed by atoms with van der Waals surface area (Å²) in [7, 11) is 0. The minimum atomic E-state index is 0.604. The van der Waals surface area contributed by atoms with E-state index in [1.54, 1.807) is 0 Å². The highest BCUT2D eigenvalue weighted by atomic mass is 32.2. The van der Waals surface area contributed by atoms with E-state index < -0.39 is 0 Å². The van der Waals surface area contributed by atoms with E-state index in [-0.39, 0.29) is 0 Å². The molecular formula is C11H18N2S. The van der Waals surface area contributed by atoms with E-state index in [9.17, 15) is 0 Å². The van der Waals surface area contributed by atoms with Crippen molar-refractivity contribution in [3.05, 3.63) is 30.1 Å². The Kier molecular flexibility index (Phi) is 5.64. The first-order chi connectivity index (χ1) is 6.86. The predicted octanol–water partition coefficient (Wildman–Crippen LogP) is 2.31. The third-order valence-electron chi connectivity index (χ3n) is 2.16. The smallest absolute Gasteiger partial charge is 0.0541 e. The van der Waals surface area contributed by atoms with Gasteiger partial charge < -0.3 is 5.32 Å². The fourth-order valence-corrected chi connectivity index (χ4v) is 2.03. The van der Waals surface area contributed by atoms with Crippen molar-refractivity contribution in [2.45, 2.75) is 25.9 Å². The molecule has 1 aromatic heterocycles. The van der Waals surface area contributed by atoms with Gasteiger partial charge in [0, 0.05) is 24.5 Å². The zero-order valence-electron chi connectivity index (χ0n) is 8.86. The van der Waals surface area contributed by atoms with Gasteiger partial charge in [0.1, 0.15) is 0 Å². The number of pyridine rings is 1. The van der Waals surface area contributed by atoms with Crippen LogP contribution < -0.4 is 5.32 Å². The largest absolute Gasteiger partial charge is 0.308 e. The zero-order chi connectivity index (χ0) is 10.2. The molecule has 78 valence electrons. The van der Waals surface area contributed by atoms with Crippen molar-refractivity contribution in [1.82, 2.24) is 10.3 Å². The molecule has 1 atom stereocenters. The average molecular weight is 210 g/mol. The van der Waals surface area contributed by atoms with Crippen molar-refractivity contribution in [1.29, 1.82) is 0 Å². The van der Waals surface area contributed by atoms with Gasteiger partial charge in [-0.05, 0) is 24.8 Å². The minimum Gasteiger partial charge on any atom is -0.308 e. The van der Waals surface area contributed by atoms with E-state index in [4.69, 9.17) is 0 Å². The first-order valence-electron chi connectivity index (χ1n) is 4.99. The van der Waals surface area contributed by atoms with Crippen LogP contribution in [-0.2, 0) is 6.54 Å². The van der Waals surface area contributed by atoms with Crippen molar-refractivity contribution in [2.24, 2.45) is 0 Å². The first-order valence-corrected chi connectivity index (χ1v) is 6.38. The number of thioether (sulfide) groups is 1. The van der Waals surface area contributed by atoms with Gasteiger partial charge in [-0.15, -0.1) is 0 Å². The van der Waals surface area contributed by atoms with Gasteiger partial charge in [0.05, 0.1) is 5.69 Å². The van der Waals surface area contributed by atoms with E-state index in [1.807, 2.05) is 30.1 Å². The van der Waals surface area contributed by atoms with E-state index in [2.05, 4.69) is 29.5 Å². The number of nitrogens with zero attached hydrogens (tertiary/aromatic N) is 1. The second kappa shape index (κ2) is 6.85. The summed E-state index contributed by atoms with van der Waals surface area (Å²) in [5.74, 6) is 1.17. The summed E-state index contributed by atoms with van der Waals surface area (Å²) in [6.45, 7) is 3.09. The maximum absolute atomic E-state index is 4.28. The van der Waals surface area contributed by atoms with Crippen molar-refractivity contribution in [2.75, 3.05) is 12.0 Å². The highest BCUT2D eigenvalue weighted by Crippen LogP contribution is 2.02. The van der Waals surface area contributed by atoms with Crippen molar-refractivity contribution >= 4 is 11.8 Å². The summed E-state index contributed by atoms with van der Waals surface area (Å²) in [4.78, 5) is 4.28. The normalized spacial score (nSPS) is 12.7. The summed E-state index contributed by atoms with van der Waals surface area (Å²) in [5.41, 5.74) is 1.12. The van der Waals surface area contributed by atoms with E-state index in [1.165, 1.54) is 12.2 Å². The molecule has 2 nitrogen and oxygen atoms in total. The average Bonchev–Trinajstić information content (AvgIpc) is 2.25. The fourth-order valence-electron chi connectivity index (χ4n) is 1.27. The molecular weight excluding hydrogens is 192 g/mol. The summed E-state index contributed by atoms with van der Waals surface area (Å²) in [5, 5.41) is 3.50. The van der Waals surface area contributed by atoms with Crippen LogP contribution in [0.15, 0.2) is 24.4 Å². The molecule has 0 spiro atoms.